The van der Waals surface area contributed by atoms with Crippen LogP contribution in [0.5, 0.6) is 5.75 Å². The quantitative estimate of drug-likeness (QED) is 0.417. The molecule has 7 nitrogen and oxygen atoms in total. The van der Waals surface area contributed by atoms with E-state index >= 15 is 0 Å². The first-order chi connectivity index (χ1) is 15.8. The number of benzene rings is 2. The van der Waals surface area contributed by atoms with Gasteiger partial charge in [-0.05, 0) is 55.3 Å². The van der Waals surface area contributed by atoms with Crippen molar-refractivity contribution in [2.45, 2.75) is 44.4 Å². The fourth-order valence-corrected chi connectivity index (χ4v) is 6.00. The largest absolute Gasteiger partial charge is 0.497 e. The number of carbonyl (C=O) groups is 1. The lowest BCUT2D eigenvalue weighted by atomic mass is 10.2. The number of carbonyl (C=O) groups excluding carboxylic acids is 1. The van der Waals surface area contributed by atoms with Gasteiger partial charge in [0.15, 0.2) is 4.80 Å². The maximum Gasteiger partial charge on any atom is 0.279 e. The van der Waals surface area contributed by atoms with Crippen molar-refractivity contribution in [2.24, 2.45) is 12.0 Å². The standard InChI is InChI=1S/C24H31N3O4S2/c1-5-7-15-27(16-8-6-2)33(29,30)20-12-9-18(10-13-20)23(28)25-24-26(3)21-14-11-19(31-4)17-22(21)32-24/h9-14,17H,5-8,15-16H2,1-4H3. The van der Waals surface area contributed by atoms with Gasteiger partial charge >= 0.3 is 0 Å². The van der Waals surface area contributed by atoms with Crippen LogP contribution in [-0.4, -0.2) is 43.4 Å². The molecule has 33 heavy (non-hydrogen) atoms. The van der Waals surface area contributed by atoms with Gasteiger partial charge in [-0.15, -0.1) is 0 Å². The summed E-state index contributed by atoms with van der Waals surface area (Å²) >= 11 is 1.40. The van der Waals surface area contributed by atoms with Crippen molar-refractivity contribution in [1.82, 2.24) is 8.87 Å². The summed E-state index contributed by atoms with van der Waals surface area (Å²) in [6.45, 7) is 5.09. The van der Waals surface area contributed by atoms with Crippen molar-refractivity contribution in [1.29, 1.82) is 0 Å². The molecule has 178 valence electrons. The highest BCUT2D eigenvalue weighted by atomic mass is 32.2. The minimum atomic E-state index is -3.60. The van der Waals surface area contributed by atoms with Gasteiger partial charge in [-0.3, -0.25) is 4.79 Å². The molecule has 3 rings (SSSR count). The van der Waals surface area contributed by atoms with Gasteiger partial charge in [-0.2, -0.15) is 9.30 Å². The second-order valence-electron chi connectivity index (χ2n) is 7.83. The monoisotopic (exact) mass is 489 g/mol. The number of aryl methyl sites for hydroxylation is 1. The van der Waals surface area contributed by atoms with Crippen LogP contribution in [0.4, 0.5) is 0 Å². The molecule has 0 fully saturated rings. The fourth-order valence-electron chi connectivity index (χ4n) is 3.44. The Hall–Kier alpha value is -2.49. The summed E-state index contributed by atoms with van der Waals surface area (Å²) < 4.78 is 35.9. The molecule has 0 aliphatic carbocycles. The van der Waals surface area contributed by atoms with Crippen molar-refractivity contribution in [3.8, 4) is 5.75 Å². The van der Waals surface area contributed by atoms with E-state index in [0.717, 1.165) is 41.6 Å². The van der Waals surface area contributed by atoms with Gasteiger partial charge in [0.2, 0.25) is 10.0 Å². The molecule has 3 aromatic rings. The van der Waals surface area contributed by atoms with Crippen LogP contribution in [0.1, 0.15) is 49.9 Å². The Morgan fingerprint density at radius 2 is 1.70 bits per heavy atom. The maximum atomic E-state index is 13.1. The first-order valence-electron chi connectivity index (χ1n) is 11.1. The zero-order valence-electron chi connectivity index (χ0n) is 19.6. The number of nitrogens with zero attached hydrogens (tertiary/aromatic N) is 3. The third kappa shape index (κ3) is 5.72. The van der Waals surface area contributed by atoms with Crippen molar-refractivity contribution >= 4 is 37.5 Å². The summed E-state index contributed by atoms with van der Waals surface area (Å²) in [6, 6.07) is 11.8. The smallest absolute Gasteiger partial charge is 0.279 e. The molecule has 0 bridgehead atoms. The Labute approximate surface area is 199 Å². The predicted octanol–water partition coefficient (Wildman–Crippen LogP) is 4.58. The molecular formula is C24H31N3O4S2. The second kappa shape index (κ2) is 11.1. The van der Waals surface area contributed by atoms with Crippen LogP contribution in [-0.2, 0) is 17.1 Å². The molecule has 0 radical (unpaired) electrons. The van der Waals surface area contributed by atoms with E-state index in [1.807, 2.05) is 43.7 Å². The number of methoxy groups -OCH3 is 1. The van der Waals surface area contributed by atoms with Gasteiger partial charge in [0.05, 0.1) is 22.2 Å². The van der Waals surface area contributed by atoms with Crippen molar-refractivity contribution in [3.05, 3.63) is 52.8 Å². The van der Waals surface area contributed by atoms with Crippen LogP contribution in [0.15, 0.2) is 52.4 Å². The molecular weight excluding hydrogens is 458 g/mol. The number of sulfonamides is 1. The molecule has 0 unspecified atom stereocenters. The predicted molar refractivity (Wildman–Crippen MR) is 132 cm³/mol. The zero-order chi connectivity index (χ0) is 24.0. The van der Waals surface area contributed by atoms with Crippen molar-refractivity contribution < 1.29 is 17.9 Å². The van der Waals surface area contributed by atoms with Crippen LogP contribution in [0.25, 0.3) is 10.2 Å². The number of hydrogen-bond donors (Lipinski definition) is 0. The van der Waals surface area contributed by atoms with Crippen molar-refractivity contribution in [2.75, 3.05) is 20.2 Å². The number of unbranched alkanes of at least 4 members (excludes halogenated alkanes) is 2. The average molecular weight is 490 g/mol. The average Bonchev–Trinajstić information content (AvgIpc) is 3.13. The summed E-state index contributed by atoms with van der Waals surface area (Å²) in [7, 11) is -0.133. The SMILES string of the molecule is CCCCN(CCCC)S(=O)(=O)c1ccc(C(=O)N=c2sc3cc(OC)ccc3n2C)cc1. The van der Waals surface area contributed by atoms with E-state index in [1.54, 1.807) is 11.4 Å². The third-order valence-corrected chi connectivity index (χ3v) is 8.48. The molecule has 0 saturated heterocycles. The van der Waals surface area contributed by atoms with E-state index < -0.39 is 15.9 Å². The van der Waals surface area contributed by atoms with E-state index in [4.69, 9.17) is 4.74 Å². The maximum absolute atomic E-state index is 13.1. The van der Waals surface area contributed by atoms with E-state index in [0.29, 0.717) is 23.5 Å². The minimum Gasteiger partial charge on any atom is -0.497 e. The fraction of sp³-hybridized carbons (Fsp3) is 0.417. The third-order valence-electron chi connectivity index (χ3n) is 5.47. The Balaban J connectivity index is 1.86. The number of thiazole rings is 1. The lowest BCUT2D eigenvalue weighted by Gasteiger charge is -2.22. The van der Waals surface area contributed by atoms with Crippen molar-refractivity contribution in [3.63, 3.8) is 0 Å². The molecule has 0 aliphatic rings. The lowest BCUT2D eigenvalue weighted by Crippen LogP contribution is -2.33. The number of rotatable bonds is 10. The van der Waals surface area contributed by atoms with E-state index in [1.165, 1.54) is 35.6 Å². The topological polar surface area (TPSA) is 81.0 Å². The molecule has 1 aromatic heterocycles. The Morgan fingerprint density at radius 1 is 1.06 bits per heavy atom. The van der Waals surface area contributed by atoms with Gasteiger partial charge < -0.3 is 9.30 Å². The van der Waals surface area contributed by atoms with E-state index in [9.17, 15) is 13.2 Å². The molecule has 0 atom stereocenters. The summed E-state index contributed by atoms with van der Waals surface area (Å²) in [5.41, 5.74) is 1.30. The number of hydrogen-bond acceptors (Lipinski definition) is 5. The van der Waals surface area contributed by atoms with Crippen LogP contribution in [0, 0.1) is 0 Å². The highest BCUT2D eigenvalue weighted by Gasteiger charge is 2.23. The second-order valence-corrected chi connectivity index (χ2v) is 10.8. The molecule has 2 aromatic carbocycles. The molecule has 0 aliphatic heterocycles. The first kappa shape index (κ1) is 25.1. The Bertz CT molecular complexity index is 1270. The summed E-state index contributed by atoms with van der Waals surface area (Å²) in [4.78, 5) is 17.8. The molecule has 1 amide bonds. The van der Waals surface area contributed by atoms with E-state index in [2.05, 4.69) is 4.99 Å². The highest BCUT2D eigenvalue weighted by Crippen LogP contribution is 2.23. The molecule has 0 saturated carbocycles. The van der Waals surface area contributed by atoms with Gasteiger partial charge in [0.1, 0.15) is 5.75 Å². The molecule has 0 N–H and O–H groups in total. The number of amides is 1. The summed E-state index contributed by atoms with van der Waals surface area (Å²) in [5, 5.41) is 0. The normalized spacial score (nSPS) is 12.6. The van der Waals surface area contributed by atoms with Crippen LogP contribution in [0.2, 0.25) is 0 Å². The van der Waals surface area contributed by atoms with Crippen LogP contribution >= 0.6 is 11.3 Å². The Kier molecular flexibility index (Phi) is 8.45. The molecule has 9 heteroatoms. The van der Waals surface area contributed by atoms with Crippen LogP contribution in [0.3, 0.4) is 0 Å². The van der Waals surface area contributed by atoms with Crippen LogP contribution < -0.4 is 9.54 Å². The molecule has 1 heterocycles. The number of fused-ring (bicyclic) bond motifs is 1. The van der Waals surface area contributed by atoms with Gasteiger partial charge in [-0.1, -0.05) is 38.0 Å². The number of aromatic nitrogens is 1. The van der Waals surface area contributed by atoms with Gasteiger partial charge in [0, 0.05) is 25.7 Å². The van der Waals surface area contributed by atoms with Gasteiger partial charge in [-0.25, -0.2) is 8.42 Å². The zero-order valence-corrected chi connectivity index (χ0v) is 21.2. The lowest BCUT2D eigenvalue weighted by molar-refractivity contribution is 0.0998. The van der Waals surface area contributed by atoms with Gasteiger partial charge in [0.25, 0.3) is 5.91 Å². The Morgan fingerprint density at radius 3 is 2.27 bits per heavy atom. The highest BCUT2D eigenvalue weighted by molar-refractivity contribution is 7.89. The summed E-state index contributed by atoms with van der Waals surface area (Å²) in [5.74, 6) is 0.327. The number of ether oxygens (including phenoxy) is 1. The molecule has 0 spiro atoms. The summed E-state index contributed by atoms with van der Waals surface area (Å²) in [6.07, 6.45) is 3.48. The first-order valence-corrected chi connectivity index (χ1v) is 13.4. The minimum absolute atomic E-state index is 0.200. The van der Waals surface area contributed by atoms with E-state index in [-0.39, 0.29) is 4.90 Å².